The number of pyridine rings is 1. The van der Waals surface area contributed by atoms with E-state index in [9.17, 15) is 9.59 Å². The third kappa shape index (κ3) is 5.21. The largest absolute Gasteiger partial charge is 0.293 e. The Morgan fingerprint density at radius 2 is 1.47 bits per heavy atom. The minimum Gasteiger partial charge on any atom is -0.293 e. The minimum atomic E-state index is -0.422. The first-order valence-corrected chi connectivity index (χ1v) is 11.7. The van der Waals surface area contributed by atoms with Crippen LogP contribution >= 0.6 is 0 Å². The average molecular weight is 476 g/mol. The number of anilines is 1. The van der Waals surface area contributed by atoms with Crippen LogP contribution in [0.15, 0.2) is 115 Å². The van der Waals surface area contributed by atoms with Crippen molar-refractivity contribution in [2.75, 3.05) is 11.6 Å². The van der Waals surface area contributed by atoms with Crippen molar-refractivity contribution in [1.29, 1.82) is 0 Å². The number of para-hydroxylation sites is 1. The third-order valence-corrected chi connectivity index (χ3v) is 5.93. The maximum atomic E-state index is 13.6. The van der Waals surface area contributed by atoms with Crippen LogP contribution in [0.4, 0.5) is 5.69 Å². The van der Waals surface area contributed by atoms with E-state index in [1.54, 1.807) is 23.2 Å². The van der Waals surface area contributed by atoms with Crippen LogP contribution in [0.1, 0.15) is 27.0 Å². The molecule has 1 N–H and O–H groups in total. The van der Waals surface area contributed by atoms with Gasteiger partial charge in [-0.15, -0.1) is 0 Å². The monoisotopic (exact) mass is 475 g/mol. The van der Waals surface area contributed by atoms with Gasteiger partial charge in [-0.25, -0.2) is 5.43 Å². The van der Waals surface area contributed by atoms with Crippen molar-refractivity contribution in [2.45, 2.75) is 13.1 Å². The Bertz CT molecular complexity index is 1330. The van der Waals surface area contributed by atoms with Gasteiger partial charge >= 0.3 is 0 Å². The summed E-state index contributed by atoms with van der Waals surface area (Å²) in [6.45, 7) is 1.72. The molecule has 0 fully saturated rings. The van der Waals surface area contributed by atoms with E-state index in [1.807, 2.05) is 60.7 Å². The molecule has 0 radical (unpaired) electrons. The van der Waals surface area contributed by atoms with Gasteiger partial charge in [-0.05, 0) is 29.3 Å². The van der Waals surface area contributed by atoms with Gasteiger partial charge in [0.05, 0.1) is 17.9 Å². The predicted molar refractivity (Wildman–Crippen MR) is 139 cm³/mol. The fraction of sp³-hybridized carbons (Fsp3) is 0.103. The molecule has 7 nitrogen and oxygen atoms in total. The number of nitrogens with one attached hydrogen (secondary N) is 1. The molecule has 5 rings (SSSR count). The van der Waals surface area contributed by atoms with Crippen molar-refractivity contribution in [1.82, 2.24) is 15.3 Å². The molecule has 2 amide bonds. The molecule has 1 aromatic heterocycles. The van der Waals surface area contributed by atoms with Gasteiger partial charge < -0.3 is 0 Å². The molecular weight excluding hydrogens is 450 g/mol. The summed E-state index contributed by atoms with van der Waals surface area (Å²) < 4.78 is 0. The molecule has 1 aliphatic heterocycles. The van der Waals surface area contributed by atoms with Crippen LogP contribution in [0.2, 0.25) is 0 Å². The number of hydrazone groups is 1. The van der Waals surface area contributed by atoms with E-state index in [0.717, 1.165) is 16.8 Å². The fourth-order valence-corrected chi connectivity index (χ4v) is 4.22. The number of hydrogen-bond donors (Lipinski definition) is 1. The van der Waals surface area contributed by atoms with E-state index < -0.39 is 5.91 Å². The summed E-state index contributed by atoms with van der Waals surface area (Å²) in [7, 11) is 0. The van der Waals surface area contributed by atoms with Gasteiger partial charge in [-0.1, -0.05) is 78.9 Å². The van der Waals surface area contributed by atoms with Gasteiger partial charge in [0.2, 0.25) is 0 Å². The molecule has 0 atom stereocenters. The number of carbonyl (C=O) groups is 2. The molecule has 2 heterocycles. The van der Waals surface area contributed by atoms with Crippen LogP contribution in [-0.2, 0) is 17.9 Å². The zero-order valence-corrected chi connectivity index (χ0v) is 19.6. The van der Waals surface area contributed by atoms with Crippen LogP contribution in [0.5, 0.6) is 0 Å². The van der Waals surface area contributed by atoms with Crippen LogP contribution in [0, 0.1) is 0 Å². The van der Waals surface area contributed by atoms with Crippen molar-refractivity contribution in [2.24, 2.45) is 5.10 Å². The van der Waals surface area contributed by atoms with E-state index in [1.165, 1.54) is 6.20 Å². The van der Waals surface area contributed by atoms with E-state index in [4.69, 9.17) is 0 Å². The Morgan fingerprint density at radius 3 is 2.11 bits per heavy atom. The number of aromatic nitrogens is 1. The molecule has 0 spiro atoms. The summed E-state index contributed by atoms with van der Waals surface area (Å²) in [4.78, 5) is 33.9. The zero-order chi connectivity index (χ0) is 24.7. The molecule has 178 valence electrons. The smallest absolute Gasteiger partial charge is 0.280 e. The maximum Gasteiger partial charge on any atom is 0.280 e. The summed E-state index contributed by atoms with van der Waals surface area (Å²) >= 11 is 0. The topological polar surface area (TPSA) is 77.9 Å². The maximum absolute atomic E-state index is 13.6. The lowest BCUT2D eigenvalue weighted by Crippen LogP contribution is -2.41. The summed E-state index contributed by atoms with van der Waals surface area (Å²) in [6, 6.07) is 31.2. The van der Waals surface area contributed by atoms with Crippen molar-refractivity contribution in [3.8, 4) is 0 Å². The molecule has 0 saturated heterocycles. The van der Waals surface area contributed by atoms with Crippen molar-refractivity contribution < 1.29 is 9.59 Å². The first-order chi connectivity index (χ1) is 17.7. The highest BCUT2D eigenvalue weighted by Crippen LogP contribution is 2.29. The normalized spacial score (nSPS) is 13.8. The van der Waals surface area contributed by atoms with Crippen molar-refractivity contribution in [3.63, 3.8) is 0 Å². The molecular formula is C29H25N5O2. The summed E-state index contributed by atoms with van der Waals surface area (Å²) in [5.74, 6) is -0.678. The first-order valence-electron chi connectivity index (χ1n) is 11.7. The van der Waals surface area contributed by atoms with E-state index in [-0.39, 0.29) is 11.6 Å². The third-order valence-electron chi connectivity index (χ3n) is 5.93. The second-order valence-corrected chi connectivity index (χ2v) is 8.49. The van der Waals surface area contributed by atoms with Gasteiger partial charge in [0, 0.05) is 31.0 Å². The van der Waals surface area contributed by atoms with Crippen LogP contribution < -0.4 is 10.3 Å². The number of benzene rings is 3. The number of nitrogens with zero attached hydrogens (tertiary/aromatic N) is 4. The highest BCUT2D eigenvalue weighted by molar-refractivity contribution is 6.54. The Morgan fingerprint density at radius 1 is 0.833 bits per heavy atom. The van der Waals surface area contributed by atoms with Gasteiger partial charge in [0.15, 0.2) is 5.71 Å². The molecule has 4 aromatic rings. The van der Waals surface area contributed by atoms with Crippen molar-refractivity contribution >= 4 is 23.2 Å². The molecule has 36 heavy (non-hydrogen) atoms. The molecule has 1 aliphatic rings. The summed E-state index contributed by atoms with van der Waals surface area (Å²) in [6.07, 6.45) is 3.05. The Balaban J connectivity index is 1.40. The summed E-state index contributed by atoms with van der Waals surface area (Å²) in [5.41, 5.74) is 6.87. The lowest BCUT2D eigenvalue weighted by Gasteiger charge is -2.28. The van der Waals surface area contributed by atoms with Gasteiger partial charge in [-0.3, -0.25) is 24.4 Å². The van der Waals surface area contributed by atoms with Gasteiger partial charge in [0.1, 0.15) is 0 Å². The second kappa shape index (κ2) is 10.8. The molecule has 0 saturated carbocycles. The van der Waals surface area contributed by atoms with Gasteiger partial charge in [-0.2, -0.15) is 5.10 Å². The lowest BCUT2D eigenvalue weighted by atomic mass is 10.1. The average Bonchev–Trinajstić information content (AvgIpc) is 3.19. The van der Waals surface area contributed by atoms with E-state index >= 15 is 0 Å². The molecule has 7 heteroatoms. The van der Waals surface area contributed by atoms with Crippen LogP contribution in [-0.4, -0.2) is 34.1 Å². The molecule has 0 unspecified atom stereocenters. The number of rotatable bonds is 8. The minimum absolute atomic E-state index is 0.210. The number of hydrogen-bond acceptors (Lipinski definition) is 5. The Hall–Kier alpha value is -4.62. The number of fused-ring (bicyclic) bond motifs is 1. The summed E-state index contributed by atoms with van der Waals surface area (Å²) in [5, 5.41) is 4.23. The number of carbonyl (C=O) groups excluding carboxylic acids is 2. The lowest BCUT2D eigenvalue weighted by molar-refractivity contribution is -0.112. The Labute approximate surface area is 209 Å². The first kappa shape index (κ1) is 23.1. The van der Waals surface area contributed by atoms with Crippen LogP contribution in [0.3, 0.4) is 0 Å². The molecule has 0 bridgehead atoms. The van der Waals surface area contributed by atoms with E-state index in [0.29, 0.717) is 30.9 Å². The Kier molecular flexibility index (Phi) is 6.91. The highest BCUT2D eigenvalue weighted by atomic mass is 16.2. The van der Waals surface area contributed by atoms with E-state index in [2.05, 4.69) is 44.7 Å². The standard InChI is InChI=1S/C29H25N5O2/c35-28(24-14-9-17-30-18-24)32-31-27-25-15-7-8-16-26(25)34(29(27)36)21-33(19-22-10-3-1-4-11-22)20-23-12-5-2-6-13-23/h1-18H,19-21H2,(H,32,35)/b31-27-. The SMILES string of the molecule is O=C(N/N=C1\C(=O)N(CN(Cc2ccccc2)Cc2ccccc2)c2ccccc21)c1cccnc1. The molecule has 0 aliphatic carbocycles. The quantitative estimate of drug-likeness (QED) is 0.387. The fourth-order valence-electron chi connectivity index (χ4n) is 4.22. The zero-order valence-electron chi connectivity index (χ0n) is 19.6. The highest BCUT2D eigenvalue weighted by Gasteiger charge is 2.35. The van der Waals surface area contributed by atoms with Crippen LogP contribution in [0.25, 0.3) is 0 Å². The molecule has 3 aromatic carbocycles. The number of amides is 2. The predicted octanol–water partition coefficient (Wildman–Crippen LogP) is 4.22. The van der Waals surface area contributed by atoms with Gasteiger partial charge in [0.25, 0.3) is 11.8 Å². The van der Waals surface area contributed by atoms with Crippen molar-refractivity contribution in [3.05, 3.63) is 132 Å². The second-order valence-electron chi connectivity index (χ2n) is 8.49.